The standard InChI is InChI=1S/C21H19F4NO5/c1-4-30-19(28)10(8-26)7-13-14(21(13,2)3)20(29)31-9-12-17(24)15(22)11(5-6-27)16(23)18(12)25/h6-7,13-14H,4-5,9H2,1-3H3. The molecule has 1 aromatic carbocycles. The second-order valence-corrected chi connectivity index (χ2v) is 7.43. The van der Waals surface area contributed by atoms with E-state index in [1.165, 1.54) is 6.08 Å². The van der Waals surface area contributed by atoms with Gasteiger partial charge in [-0.15, -0.1) is 0 Å². The number of esters is 2. The molecule has 1 aliphatic carbocycles. The molecule has 0 bridgehead atoms. The van der Waals surface area contributed by atoms with Gasteiger partial charge >= 0.3 is 11.9 Å². The zero-order chi connectivity index (χ0) is 23.5. The van der Waals surface area contributed by atoms with Gasteiger partial charge in [-0.2, -0.15) is 5.26 Å². The highest BCUT2D eigenvalue weighted by Gasteiger charge is 2.62. The molecule has 0 amide bonds. The lowest BCUT2D eigenvalue weighted by Gasteiger charge is -2.11. The number of halogens is 4. The van der Waals surface area contributed by atoms with E-state index in [2.05, 4.69) is 0 Å². The predicted molar refractivity (Wildman–Crippen MR) is 96.9 cm³/mol. The van der Waals surface area contributed by atoms with E-state index in [9.17, 15) is 31.9 Å². The third-order valence-electron chi connectivity index (χ3n) is 5.22. The highest BCUT2D eigenvalue weighted by atomic mass is 19.2. The van der Waals surface area contributed by atoms with E-state index in [4.69, 9.17) is 14.7 Å². The number of carbonyl (C=O) groups excluding carboxylic acids is 3. The van der Waals surface area contributed by atoms with E-state index < -0.39 is 76.6 Å². The normalized spacial score (nSPS) is 19.4. The molecule has 0 N–H and O–H groups in total. The number of rotatable bonds is 8. The van der Waals surface area contributed by atoms with E-state index in [0.29, 0.717) is 0 Å². The second-order valence-electron chi connectivity index (χ2n) is 7.43. The molecule has 2 rings (SSSR count). The van der Waals surface area contributed by atoms with E-state index in [1.807, 2.05) is 0 Å². The highest BCUT2D eigenvalue weighted by Crippen LogP contribution is 2.60. The molecule has 1 fully saturated rings. The van der Waals surface area contributed by atoms with Gasteiger partial charge in [0.1, 0.15) is 24.5 Å². The first kappa shape index (κ1) is 24.1. The number of benzene rings is 1. The summed E-state index contributed by atoms with van der Waals surface area (Å²) in [5.74, 6) is -10.2. The first-order chi connectivity index (χ1) is 14.5. The Morgan fingerprint density at radius 2 is 1.61 bits per heavy atom. The van der Waals surface area contributed by atoms with Crippen molar-refractivity contribution in [2.45, 2.75) is 33.8 Å². The van der Waals surface area contributed by atoms with Crippen LogP contribution in [-0.2, 0) is 36.9 Å². The maximum atomic E-state index is 14.1. The number of carbonyl (C=O) groups is 3. The minimum atomic E-state index is -1.76. The van der Waals surface area contributed by atoms with Gasteiger partial charge in [-0.05, 0) is 18.3 Å². The van der Waals surface area contributed by atoms with Crippen molar-refractivity contribution in [1.82, 2.24) is 0 Å². The van der Waals surface area contributed by atoms with Gasteiger partial charge in [0.05, 0.1) is 18.1 Å². The van der Waals surface area contributed by atoms with Gasteiger partial charge < -0.3 is 14.3 Å². The highest BCUT2D eigenvalue weighted by molar-refractivity contribution is 5.93. The van der Waals surface area contributed by atoms with Crippen molar-refractivity contribution >= 4 is 18.2 Å². The summed E-state index contributed by atoms with van der Waals surface area (Å²) < 4.78 is 65.7. The van der Waals surface area contributed by atoms with Gasteiger partial charge in [0.15, 0.2) is 23.3 Å². The van der Waals surface area contributed by atoms with Gasteiger partial charge in [-0.3, -0.25) is 4.79 Å². The Kier molecular flexibility index (Phi) is 7.21. The number of hydrogen-bond donors (Lipinski definition) is 0. The zero-order valence-corrected chi connectivity index (χ0v) is 16.9. The number of nitrogens with zero attached hydrogens (tertiary/aromatic N) is 1. The molecule has 6 nitrogen and oxygen atoms in total. The van der Waals surface area contributed by atoms with E-state index in [0.717, 1.165) is 0 Å². The molecule has 1 aromatic rings. The summed E-state index contributed by atoms with van der Waals surface area (Å²) >= 11 is 0. The summed E-state index contributed by atoms with van der Waals surface area (Å²) in [7, 11) is 0. The topological polar surface area (TPSA) is 93.5 Å². The molecule has 0 radical (unpaired) electrons. The molecular formula is C21H19F4NO5. The monoisotopic (exact) mass is 441 g/mol. The van der Waals surface area contributed by atoms with E-state index in [1.54, 1.807) is 26.8 Å². The minimum absolute atomic E-state index is 0.0489. The smallest absolute Gasteiger partial charge is 0.348 e. The Labute approximate surface area is 175 Å². The van der Waals surface area contributed by atoms with Crippen molar-refractivity contribution in [2.24, 2.45) is 17.3 Å². The Morgan fingerprint density at radius 3 is 2.10 bits per heavy atom. The molecule has 0 aliphatic heterocycles. The lowest BCUT2D eigenvalue weighted by atomic mass is 10.1. The maximum Gasteiger partial charge on any atom is 0.348 e. The van der Waals surface area contributed by atoms with Crippen molar-refractivity contribution < 1.29 is 41.4 Å². The summed E-state index contributed by atoms with van der Waals surface area (Å²) in [6.45, 7) is 3.82. The average Bonchev–Trinajstić information content (AvgIpc) is 3.27. The SMILES string of the molecule is CCOC(=O)C(C#N)=CC1C(C(=O)OCc2c(F)c(F)c(CC=O)c(F)c2F)C1(C)C. The second kappa shape index (κ2) is 9.29. The number of aldehydes is 1. The Bertz CT molecular complexity index is 967. The first-order valence-corrected chi connectivity index (χ1v) is 9.25. The van der Waals surface area contributed by atoms with E-state index in [-0.39, 0.29) is 18.5 Å². The van der Waals surface area contributed by atoms with Crippen LogP contribution in [-0.4, -0.2) is 24.8 Å². The van der Waals surface area contributed by atoms with Crippen LogP contribution in [0.3, 0.4) is 0 Å². The van der Waals surface area contributed by atoms with Crippen LogP contribution in [0.5, 0.6) is 0 Å². The van der Waals surface area contributed by atoms with Gasteiger partial charge in [0, 0.05) is 12.0 Å². The van der Waals surface area contributed by atoms with Crippen LogP contribution in [0.15, 0.2) is 11.6 Å². The van der Waals surface area contributed by atoms with Crippen LogP contribution in [0.25, 0.3) is 0 Å². The quantitative estimate of drug-likeness (QED) is 0.153. The minimum Gasteiger partial charge on any atom is -0.462 e. The van der Waals surface area contributed by atoms with Crippen LogP contribution >= 0.6 is 0 Å². The van der Waals surface area contributed by atoms with Crippen molar-refractivity contribution in [1.29, 1.82) is 5.26 Å². The van der Waals surface area contributed by atoms with Crippen molar-refractivity contribution in [2.75, 3.05) is 6.61 Å². The van der Waals surface area contributed by atoms with Gasteiger partial charge in [-0.1, -0.05) is 19.9 Å². The molecule has 2 atom stereocenters. The summed E-state index contributed by atoms with van der Waals surface area (Å²) in [6, 6.07) is 1.68. The van der Waals surface area contributed by atoms with Gasteiger partial charge in [0.25, 0.3) is 0 Å². The fourth-order valence-corrected chi connectivity index (χ4v) is 3.32. The summed E-state index contributed by atoms with van der Waals surface area (Å²) in [5, 5.41) is 9.11. The summed E-state index contributed by atoms with van der Waals surface area (Å²) in [6.07, 6.45) is 0.491. The lowest BCUT2D eigenvalue weighted by molar-refractivity contribution is -0.147. The Hall–Kier alpha value is -3.22. The summed E-state index contributed by atoms with van der Waals surface area (Å²) in [5.41, 5.74) is -3.24. The number of hydrogen-bond acceptors (Lipinski definition) is 6. The molecule has 1 saturated carbocycles. The molecule has 166 valence electrons. The summed E-state index contributed by atoms with van der Waals surface area (Å²) in [4.78, 5) is 34.6. The largest absolute Gasteiger partial charge is 0.462 e. The van der Waals surface area contributed by atoms with Crippen LogP contribution < -0.4 is 0 Å². The van der Waals surface area contributed by atoms with Crippen molar-refractivity contribution in [3.05, 3.63) is 46.0 Å². The van der Waals surface area contributed by atoms with E-state index >= 15 is 0 Å². The third-order valence-corrected chi connectivity index (χ3v) is 5.22. The first-order valence-electron chi connectivity index (χ1n) is 9.25. The molecular weight excluding hydrogens is 422 g/mol. The molecule has 1 aliphatic rings. The Morgan fingerprint density at radius 1 is 1.06 bits per heavy atom. The van der Waals surface area contributed by atoms with Crippen molar-refractivity contribution in [3.8, 4) is 6.07 Å². The van der Waals surface area contributed by atoms with Crippen LogP contribution in [0.2, 0.25) is 0 Å². The molecule has 0 saturated heterocycles. The molecule has 10 heteroatoms. The third kappa shape index (κ3) is 4.60. The van der Waals surface area contributed by atoms with Crippen LogP contribution in [0, 0.1) is 51.9 Å². The van der Waals surface area contributed by atoms with Crippen LogP contribution in [0.4, 0.5) is 17.6 Å². The van der Waals surface area contributed by atoms with Crippen LogP contribution in [0.1, 0.15) is 31.9 Å². The molecule has 0 spiro atoms. The average molecular weight is 441 g/mol. The predicted octanol–water partition coefficient (Wildman–Crippen LogP) is 3.31. The zero-order valence-electron chi connectivity index (χ0n) is 16.9. The maximum absolute atomic E-state index is 14.1. The fourth-order valence-electron chi connectivity index (χ4n) is 3.32. The number of ether oxygens (including phenoxy) is 2. The lowest BCUT2D eigenvalue weighted by Crippen LogP contribution is -2.15. The number of allylic oxidation sites excluding steroid dienone is 1. The van der Waals surface area contributed by atoms with Crippen molar-refractivity contribution in [3.63, 3.8) is 0 Å². The molecule has 0 aromatic heterocycles. The fraction of sp³-hybridized carbons (Fsp3) is 0.429. The molecule has 2 unspecified atom stereocenters. The number of nitriles is 1. The molecule has 31 heavy (non-hydrogen) atoms. The van der Waals surface area contributed by atoms with Gasteiger partial charge in [0.2, 0.25) is 0 Å². The molecule has 0 heterocycles. The van der Waals surface area contributed by atoms with Gasteiger partial charge in [-0.25, -0.2) is 22.4 Å². The Balaban J connectivity index is 2.19.